The molecule has 0 bridgehead atoms. The van der Waals surface area contributed by atoms with Crippen LogP contribution in [0.15, 0.2) is 36.4 Å². The van der Waals surface area contributed by atoms with Crippen LogP contribution in [0.2, 0.25) is 0 Å². The average Bonchev–Trinajstić information content (AvgIpc) is 2.74. The fourth-order valence-corrected chi connectivity index (χ4v) is 2.98. The lowest BCUT2D eigenvalue weighted by molar-refractivity contribution is 0.0948. The first-order valence-corrected chi connectivity index (χ1v) is 9.53. The summed E-state index contributed by atoms with van der Waals surface area (Å²) in [5, 5.41) is 12.9. The summed E-state index contributed by atoms with van der Waals surface area (Å²) in [6.07, 6.45) is 1.69. The summed E-state index contributed by atoms with van der Waals surface area (Å²) in [5.74, 6) is 1.29. The lowest BCUT2D eigenvalue weighted by Crippen LogP contribution is -2.29. The largest absolute Gasteiger partial charge is 0.504 e. The van der Waals surface area contributed by atoms with E-state index in [1.807, 2.05) is 18.2 Å². The standard InChI is InChI=1S/C22H30N2O5/c1-24(14-11-16-9-10-18(27-2)20(15-16)29-4)13-6-12-23-22(26)17-7-5-8-19(28-3)21(17)25/h5,7-10,15,25H,6,11-14H2,1-4H3,(H,23,26). The number of methoxy groups -OCH3 is 3. The van der Waals surface area contributed by atoms with Crippen molar-refractivity contribution in [2.24, 2.45) is 0 Å². The number of para-hydroxylation sites is 1. The highest BCUT2D eigenvalue weighted by molar-refractivity contribution is 5.97. The molecule has 1 amide bonds. The Hall–Kier alpha value is -2.93. The van der Waals surface area contributed by atoms with Crippen molar-refractivity contribution in [1.82, 2.24) is 10.2 Å². The second kappa shape index (κ2) is 11.2. The number of phenols is 1. The molecule has 0 saturated heterocycles. The number of carbonyl (C=O) groups is 1. The summed E-state index contributed by atoms with van der Waals surface area (Å²) >= 11 is 0. The second-order valence-electron chi connectivity index (χ2n) is 6.71. The van der Waals surface area contributed by atoms with Crippen LogP contribution in [0.1, 0.15) is 22.3 Å². The quantitative estimate of drug-likeness (QED) is 0.563. The summed E-state index contributed by atoms with van der Waals surface area (Å²) in [6, 6.07) is 10.8. The Labute approximate surface area is 172 Å². The van der Waals surface area contributed by atoms with Gasteiger partial charge in [0.05, 0.1) is 26.9 Å². The lowest BCUT2D eigenvalue weighted by Gasteiger charge is -2.17. The molecule has 29 heavy (non-hydrogen) atoms. The number of phenolic OH excluding ortho intramolecular Hbond substituents is 1. The normalized spacial score (nSPS) is 10.7. The Balaban J connectivity index is 1.73. The van der Waals surface area contributed by atoms with Gasteiger partial charge in [0.1, 0.15) is 0 Å². The summed E-state index contributed by atoms with van der Waals surface area (Å²) in [4.78, 5) is 14.5. The Morgan fingerprint density at radius 2 is 1.72 bits per heavy atom. The van der Waals surface area contributed by atoms with E-state index >= 15 is 0 Å². The third-order valence-corrected chi connectivity index (χ3v) is 4.70. The van der Waals surface area contributed by atoms with Crippen molar-refractivity contribution in [2.45, 2.75) is 12.8 Å². The maximum atomic E-state index is 12.2. The molecule has 0 atom stereocenters. The van der Waals surface area contributed by atoms with Gasteiger partial charge < -0.3 is 29.5 Å². The van der Waals surface area contributed by atoms with E-state index in [4.69, 9.17) is 14.2 Å². The molecule has 2 N–H and O–H groups in total. The molecule has 2 aromatic rings. The number of nitrogens with zero attached hydrogens (tertiary/aromatic N) is 1. The topological polar surface area (TPSA) is 80.3 Å². The van der Waals surface area contributed by atoms with Crippen molar-refractivity contribution in [2.75, 3.05) is 48.0 Å². The van der Waals surface area contributed by atoms with Crippen molar-refractivity contribution < 1.29 is 24.1 Å². The number of ether oxygens (including phenoxy) is 3. The Bertz CT molecular complexity index is 810. The van der Waals surface area contributed by atoms with Gasteiger partial charge in [-0.3, -0.25) is 4.79 Å². The van der Waals surface area contributed by atoms with Crippen LogP contribution < -0.4 is 19.5 Å². The predicted molar refractivity (Wildman–Crippen MR) is 112 cm³/mol. The van der Waals surface area contributed by atoms with Gasteiger partial charge in [0, 0.05) is 13.1 Å². The van der Waals surface area contributed by atoms with E-state index in [0.717, 1.165) is 37.4 Å². The summed E-state index contributed by atoms with van der Waals surface area (Å²) in [7, 11) is 6.76. The molecule has 0 spiro atoms. The van der Waals surface area contributed by atoms with Gasteiger partial charge >= 0.3 is 0 Å². The molecular weight excluding hydrogens is 372 g/mol. The first kappa shape index (κ1) is 22.4. The molecule has 0 fully saturated rings. The van der Waals surface area contributed by atoms with Crippen LogP contribution in [-0.4, -0.2) is 63.9 Å². The van der Waals surface area contributed by atoms with Gasteiger partial charge in [-0.05, 0) is 56.3 Å². The zero-order valence-electron chi connectivity index (χ0n) is 17.5. The highest BCUT2D eigenvalue weighted by atomic mass is 16.5. The molecule has 7 nitrogen and oxygen atoms in total. The van der Waals surface area contributed by atoms with Gasteiger partial charge in [0.25, 0.3) is 5.91 Å². The molecular formula is C22H30N2O5. The van der Waals surface area contributed by atoms with Crippen LogP contribution in [0.3, 0.4) is 0 Å². The van der Waals surface area contributed by atoms with E-state index in [1.54, 1.807) is 32.4 Å². The van der Waals surface area contributed by atoms with Gasteiger partial charge in [-0.2, -0.15) is 0 Å². The molecule has 0 aliphatic carbocycles. The Morgan fingerprint density at radius 3 is 2.41 bits per heavy atom. The van der Waals surface area contributed by atoms with Crippen molar-refractivity contribution in [3.8, 4) is 23.0 Å². The monoisotopic (exact) mass is 402 g/mol. The van der Waals surface area contributed by atoms with Crippen molar-refractivity contribution in [1.29, 1.82) is 0 Å². The Morgan fingerprint density at radius 1 is 1.00 bits per heavy atom. The third kappa shape index (κ3) is 6.29. The molecule has 0 heterocycles. The minimum atomic E-state index is -0.311. The van der Waals surface area contributed by atoms with Crippen molar-refractivity contribution >= 4 is 5.91 Å². The number of benzene rings is 2. The van der Waals surface area contributed by atoms with Crippen LogP contribution in [0.5, 0.6) is 23.0 Å². The first-order valence-electron chi connectivity index (χ1n) is 9.53. The molecule has 0 aliphatic heterocycles. The fourth-order valence-electron chi connectivity index (χ4n) is 2.98. The van der Waals surface area contributed by atoms with E-state index < -0.39 is 0 Å². The number of likely N-dealkylation sites (N-methyl/N-ethyl adjacent to an activating group) is 1. The van der Waals surface area contributed by atoms with Gasteiger partial charge in [-0.15, -0.1) is 0 Å². The molecule has 2 aromatic carbocycles. The van der Waals surface area contributed by atoms with Crippen molar-refractivity contribution in [3.63, 3.8) is 0 Å². The number of amides is 1. The summed E-state index contributed by atoms with van der Waals surface area (Å²) < 4.78 is 15.6. The zero-order chi connectivity index (χ0) is 21.2. The molecule has 0 aliphatic rings. The van der Waals surface area contributed by atoms with Gasteiger partial charge in [0.2, 0.25) is 0 Å². The minimum absolute atomic E-state index is 0.139. The number of carbonyl (C=O) groups excluding carboxylic acids is 1. The molecule has 158 valence electrons. The maximum absolute atomic E-state index is 12.2. The average molecular weight is 402 g/mol. The van der Waals surface area contributed by atoms with E-state index in [2.05, 4.69) is 17.3 Å². The number of hydrogen-bond donors (Lipinski definition) is 2. The number of hydrogen-bond acceptors (Lipinski definition) is 6. The SMILES string of the molecule is COc1ccc(CCN(C)CCCNC(=O)c2cccc(OC)c2O)cc1OC. The molecule has 0 unspecified atom stereocenters. The predicted octanol–water partition coefficient (Wildman–Crippen LogP) is 2.71. The number of nitrogens with one attached hydrogen (secondary N) is 1. The molecule has 0 radical (unpaired) electrons. The molecule has 0 aromatic heterocycles. The molecule has 0 saturated carbocycles. The second-order valence-corrected chi connectivity index (χ2v) is 6.71. The van der Waals surface area contributed by atoms with Crippen LogP contribution in [0.25, 0.3) is 0 Å². The minimum Gasteiger partial charge on any atom is -0.504 e. The molecule has 2 rings (SSSR count). The third-order valence-electron chi connectivity index (χ3n) is 4.70. The van der Waals surface area contributed by atoms with Crippen molar-refractivity contribution in [3.05, 3.63) is 47.5 Å². The smallest absolute Gasteiger partial charge is 0.255 e. The molecule has 7 heteroatoms. The highest BCUT2D eigenvalue weighted by Gasteiger charge is 2.14. The highest BCUT2D eigenvalue weighted by Crippen LogP contribution is 2.29. The van der Waals surface area contributed by atoms with Gasteiger partial charge in [-0.25, -0.2) is 0 Å². The maximum Gasteiger partial charge on any atom is 0.255 e. The number of aromatic hydroxyl groups is 1. The Kier molecular flexibility index (Phi) is 8.61. The van der Waals surface area contributed by atoms with Crippen LogP contribution >= 0.6 is 0 Å². The van der Waals surface area contributed by atoms with Gasteiger partial charge in [0.15, 0.2) is 23.0 Å². The zero-order valence-corrected chi connectivity index (χ0v) is 17.5. The van der Waals surface area contributed by atoms with E-state index in [1.165, 1.54) is 12.7 Å². The van der Waals surface area contributed by atoms with Crippen LogP contribution in [0.4, 0.5) is 0 Å². The van der Waals surface area contributed by atoms with Gasteiger partial charge in [-0.1, -0.05) is 12.1 Å². The first-order chi connectivity index (χ1) is 14.0. The summed E-state index contributed by atoms with van der Waals surface area (Å²) in [5.41, 5.74) is 1.39. The van der Waals surface area contributed by atoms with E-state index in [0.29, 0.717) is 6.54 Å². The van der Waals surface area contributed by atoms with Crippen LogP contribution in [0, 0.1) is 0 Å². The number of rotatable bonds is 11. The fraction of sp³-hybridized carbons (Fsp3) is 0.409. The van der Waals surface area contributed by atoms with E-state index in [9.17, 15) is 9.90 Å². The van der Waals surface area contributed by atoms with E-state index in [-0.39, 0.29) is 23.0 Å². The lowest BCUT2D eigenvalue weighted by atomic mass is 10.1. The summed E-state index contributed by atoms with van der Waals surface area (Å²) in [6.45, 7) is 2.26. The van der Waals surface area contributed by atoms with Crippen LogP contribution in [-0.2, 0) is 6.42 Å².